The maximum atomic E-state index is 5.90. The minimum Gasteiger partial charge on any atom is -0.324 e. The molecule has 0 spiro atoms. The van der Waals surface area contributed by atoms with E-state index in [1.54, 1.807) is 0 Å². The van der Waals surface area contributed by atoms with Crippen molar-refractivity contribution in [3.05, 3.63) is 35.5 Å². The molecular formula is C10H13N. The Morgan fingerprint density at radius 3 is 3.09 bits per heavy atom. The number of fused-ring (bicyclic) bond motifs is 1. The molecule has 0 heterocycles. The van der Waals surface area contributed by atoms with E-state index in [0.717, 1.165) is 19.3 Å². The van der Waals surface area contributed by atoms with E-state index in [4.69, 9.17) is 5.73 Å². The summed E-state index contributed by atoms with van der Waals surface area (Å²) in [6.45, 7) is 3.80. The van der Waals surface area contributed by atoms with E-state index in [9.17, 15) is 0 Å². The van der Waals surface area contributed by atoms with Crippen LogP contribution in [0.25, 0.3) is 0 Å². The van der Waals surface area contributed by atoms with E-state index < -0.39 is 0 Å². The summed E-state index contributed by atoms with van der Waals surface area (Å²) in [5.74, 6) is 0. The first-order valence-electron chi connectivity index (χ1n) is 4.12. The quantitative estimate of drug-likeness (QED) is 0.602. The Labute approximate surface area is 67.3 Å². The second-order valence-electron chi connectivity index (χ2n) is 3.28. The van der Waals surface area contributed by atoms with Crippen molar-refractivity contribution in [1.82, 2.24) is 0 Å². The molecule has 2 rings (SSSR count). The van der Waals surface area contributed by atoms with Gasteiger partial charge in [-0.2, -0.15) is 0 Å². The van der Waals surface area contributed by atoms with Crippen LogP contribution in [0.3, 0.4) is 0 Å². The molecular weight excluding hydrogens is 134 g/mol. The normalized spacial score (nSPS) is 28.8. The fourth-order valence-corrected chi connectivity index (χ4v) is 1.91. The molecule has 2 aliphatic rings. The molecule has 2 aliphatic carbocycles. The van der Waals surface area contributed by atoms with Crippen molar-refractivity contribution in [1.29, 1.82) is 0 Å². The SMILES string of the molecule is C=CC1=C2C=C(CC1)C(N)C2. The minimum atomic E-state index is 0.308. The molecule has 0 amide bonds. The van der Waals surface area contributed by atoms with Gasteiger partial charge in [0.25, 0.3) is 0 Å². The minimum absolute atomic E-state index is 0.308. The third-order valence-electron chi connectivity index (χ3n) is 2.62. The first-order chi connectivity index (χ1) is 5.31. The molecule has 0 saturated carbocycles. The van der Waals surface area contributed by atoms with Crippen molar-refractivity contribution < 1.29 is 0 Å². The molecule has 0 fully saturated rings. The van der Waals surface area contributed by atoms with E-state index in [0.29, 0.717) is 6.04 Å². The lowest BCUT2D eigenvalue weighted by Gasteiger charge is -2.08. The van der Waals surface area contributed by atoms with Crippen molar-refractivity contribution in [3.63, 3.8) is 0 Å². The predicted molar refractivity (Wildman–Crippen MR) is 47.1 cm³/mol. The highest BCUT2D eigenvalue weighted by Crippen LogP contribution is 2.35. The third kappa shape index (κ3) is 0.962. The Kier molecular flexibility index (Phi) is 1.46. The largest absolute Gasteiger partial charge is 0.324 e. The molecule has 0 aromatic carbocycles. The molecule has 0 saturated heterocycles. The zero-order chi connectivity index (χ0) is 7.84. The van der Waals surface area contributed by atoms with Gasteiger partial charge in [-0.05, 0) is 30.4 Å². The maximum absolute atomic E-state index is 5.90. The summed E-state index contributed by atoms with van der Waals surface area (Å²) >= 11 is 0. The molecule has 1 heteroatoms. The van der Waals surface area contributed by atoms with E-state index in [1.165, 1.54) is 16.7 Å². The lowest BCUT2D eigenvalue weighted by Crippen LogP contribution is -2.17. The number of hydrogen-bond acceptors (Lipinski definition) is 1. The van der Waals surface area contributed by atoms with E-state index >= 15 is 0 Å². The van der Waals surface area contributed by atoms with Crippen molar-refractivity contribution in [3.8, 4) is 0 Å². The van der Waals surface area contributed by atoms with Gasteiger partial charge in [-0.1, -0.05) is 24.3 Å². The molecule has 0 radical (unpaired) electrons. The van der Waals surface area contributed by atoms with E-state index in [1.807, 2.05) is 6.08 Å². The predicted octanol–water partition coefficient (Wildman–Crippen LogP) is 1.92. The summed E-state index contributed by atoms with van der Waals surface area (Å²) in [6.07, 6.45) is 7.56. The molecule has 1 nitrogen and oxygen atoms in total. The Morgan fingerprint density at radius 2 is 2.36 bits per heavy atom. The Morgan fingerprint density at radius 1 is 1.55 bits per heavy atom. The van der Waals surface area contributed by atoms with Crippen LogP contribution in [-0.4, -0.2) is 6.04 Å². The Hall–Kier alpha value is -0.820. The highest BCUT2D eigenvalue weighted by atomic mass is 14.7. The van der Waals surface area contributed by atoms with Gasteiger partial charge in [0.05, 0.1) is 0 Å². The highest BCUT2D eigenvalue weighted by Gasteiger charge is 2.23. The molecule has 2 N–H and O–H groups in total. The zero-order valence-electron chi connectivity index (χ0n) is 6.64. The Bertz CT molecular complexity index is 258. The molecule has 58 valence electrons. The maximum Gasteiger partial charge on any atom is 0.0297 e. The zero-order valence-corrected chi connectivity index (χ0v) is 6.64. The Balaban J connectivity index is 2.38. The van der Waals surface area contributed by atoms with Gasteiger partial charge < -0.3 is 5.73 Å². The van der Waals surface area contributed by atoms with Crippen LogP contribution in [0.15, 0.2) is 35.5 Å². The summed E-state index contributed by atoms with van der Waals surface area (Å²) in [4.78, 5) is 0. The summed E-state index contributed by atoms with van der Waals surface area (Å²) in [5, 5.41) is 0. The molecule has 1 unspecified atom stereocenters. The summed E-state index contributed by atoms with van der Waals surface area (Å²) in [6, 6.07) is 0.308. The van der Waals surface area contributed by atoms with Crippen molar-refractivity contribution >= 4 is 0 Å². The van der Waals surface area contributed by atoms with Crippen LogP contribution < -0.4 is 5.73 Å². The number of allylic oxidation sites excluding steroid dienone is 3. The topological polar surface area (TPSA) is 26.0 Å². The van der Waals surface area contributed by atoms with Crippen LogP contribution in [0.2, 0.25) is 0 Å². The van der Waals surface area contributed by atoms with Crippen LogP contribution in [0.1, 0.15) is 19.3 Å². The number of hydrogen-bond donors (Lipinski definition) is 1. The summed E-state index contributed by atoms with van der Waals surface area (Å²) < 4.78 is 0. The third-order valence-corrected chi connectivity index (χ3v) is 2.62. The van der Waals surface area contributed by atoms with Crippen LogP contribution in [0.4, 0.5) is 0 Å². The van der Waals surface area contributed by atoms with E-state index in [2.05, 4.69) is 12.7 Å². The smallest absolute Gasteiger partial charge is 0.0297 e. The average molecular weight is 147 g/mol. The van der Waals surface area contributed by atoms with Crippen molar-refractivity contribution in [2.45, 2.75) is 25.3 Å². The molecule has 11 heavy (non-hydrogen) atoms. The lowest BCUT2D eigenvalue weighted by molar-refractivity contribution is 0.775. The summed E-state index contributed by atoms with van der Waals surface area (Å²) in [5.41, 5.74) is 10.2. The van der Waals surface area contributed by atoms with Gasteiger partial charge in [0.15, 0.2) is 0 Å². The number of nitrogens with two attached hydrogens (primary N) is 1. The average Bonchev–Trinajstić information content (AvgIpc) is 2.30. The fraction of sp³-hybridized carbons (Fsp3) is 0.400. The van der Waals surface area contributed by atoms with Crippen LogP contribution in [0.5, 0.6) is 0 Å². The fourth-order valence-electron chi connectivity index (χ4n) is 1.91. The molecule has 0 aromatic rings. The van der Waals surface area contributed by atoms with Gasteiger partial charge in [-0.15, -0.1) is 0 Å². The van der Waals surface area contributed by atoms with Gasteiger partial charge >= 0.3 is 0 Å². The second kappa shape index (κ2) is 2.35. The van der Waals surface area contributed by atoms with Crippen molar-refractivity contribution in [2.75, 3.05) is 0 Å². The van der Waals surface area contributed by atoms with Gasteiger partial charge in [-0.3, -0.25) is 0 Å². The monoisotopic (exact) mass is 147 g/mol. The van der Waals surface area contributed by atoms with Crippen LogP contribution >= 0.6 is 0 Å². The highest BCUT2D eigenvalue weighted by molar-refractivity contribution is 5.45. The van der Waals surface area contributed by atoms with E-state index in [-0.39, 0.29) is 0 Å². The first-order valence-corrected chi connectivity index (χ1v) is 4.12. The van der Waals surface area contributed by atoms with Gasteiger partial charge in [0.2, 0.25) is 0 Å². The molecule has 2 bridgehead atoms. The molecule has 0 aliphatic heterocycles. The van der Waals surface area contributed by atoms with Crippen molar-refractivity contribution in [2.24, 2.45) is 5.73 Å². The van der Waals surface area contributed by atoms with Crippen LogP contribution in [0, 0.1) is 0 Å². The van der Waals surface area contributed by atoms with Gasteiger partial charge in [0.1, 0.15) is 0 Å². The summed E-state index contributed by atoms with van der Waals surface area (Å²) in [7, 11) is 0. The first kappa shape index (κ1) is 6.86. The number of rotatable bonds is 1. The van der Waals surface area contributed by atoms with Crippen LogP contribution in [-0.2, 0) is 0 Å². The lowest BCUT2D eigenvalue weighted by atomic mass is 9.98. The molecule has 1 atom stereocenters. The van der Waals surface area contributed by atoms with Gasteiger partial charge in [-0.25, -0.2) is 0 Å². The second-order valence-corrected chi connectivity index (χ2v) is 3.28. The molecule has 0 aromatic heterocycles. The van der Waals surface area contributed by atoms with Gasteiger partial charge in [0, 0.05) is 6.04 Å². The standard InChI is InChI=1S/C10H13N/c1-2-7-3-4-8-5-9(7)6-10(8)11/h2,5,10H,1,3-4,6,11H2.